The molecule has 9 heteroatoms. The van der Waals surface area contributed by atoms with Gasteiger partial charge >= 0.3 is 12.1 Å². The number of nitrogens with zero attached hydrogens (tertiary/aromatic N) is 1. The molecule has 0 spiro atoms. The number of amides is 2. The van der Waals surface area contributed by atoms with Crippen LogP contribution >= 0.6 is 0 Å². The molecule has 0 radical (unpaired) electrons. The van der Waals surface area contributed by atoms with Gasteiger partial charge in [0, 0.05) is 5.69 Å². The second-order valence-corrected chi connectivity index (χ2v) is 6.02. The van der Waals surface area contributed by atoms with Crippen molar-refractivity contribution < 1.29 is 27.5 Å². The Hall–Kier alpha value is -3.36. The van der Waals surface area contributed by atoms with Crippen LogP contribution in [0.1, 0.15) is 25.0 Å². The number of anilines is 1. The Morgan fingerprint density at radius 2 is 1.66 bits per heavy atom. The van der Waals surface area contributed by atoms with Gasteiger partial charge in [0.05, 0.1) is 18.7 Å². The van der Waals surface area contributed by atoms with Crippen molar-refractivity contribution in [3.05, 3.63) is 59.7 Å². The van der Waals surface area contributed by atoms with E-state index in [0.717, 1.165) is 11.3 Å². The Kier molecular flexibility index (Phi) is 7.35. The molecule has 154 valence electrons. The van der Waals surface area contributed by atoms with Crippen LogP contribution in [0.3, 0.4) is 0 Å². The summed E-state index contributed by atoms with van der Waals surface area (Å²) in [7, 11) is 0. The minimum Gasteiger partial charge on any atom is -0.494 e. The summed E-state index contributed by atoms with van der Waals surface area (Å²) < 4.78 is 42.1. The van der Waals surface area contributed by atoms with E-state index >= 15 is 0 Å². The molecule has 0 saturated heterocycles. The largest absolute Gasteiger partial charge is 0.494 e. The van der Waals surface area contributed by atoms with Crippen LogP contribution in [0.15, 0.2) is 53.6 Å². The topological polar surface area (TPSA) is 79.8 Å². The Balaban J connectivity index is 1.91. The van der Waals surface area contributed by atoms with Crippen molar-refractivity contribution >= 4 is 23.2 Å². The molecule has 0 atom stereocenters. The van der Waals surface area contributed by atoms with E-state index in [0.29, 0.717) is 17.9 Å². The summed E-state index contributed by atoms with van der Waals surface area (Å²) >= 11 is 0. The molecule has 0 aliphatic carbocycles. The highest BCUT2D eigenvalue weighted by Crippen LogP contribution is 2.18. The van der Waals surface area contributed by atoms with Crippen molar-refractivity contribution in [2.45, 2.75) is 26.4 Å². The molecule has 2 aromatic rings. The number of rotatable bonds is 7. The minimum atomic E-state index is -4.95. The summed E-state index contributed by atoms with van der Waals surface area (Å²) in [5, 5.41) is 5.75. The molecule has 0 aliphatic rings. The molecule has 0 aliphatic heterocycles. The molecule has 0 heterocycles. The van der Waals surface area contributed by atoms with Crippen LogP contribution in [0.2, 0.25) is 0 Å². The van der Waals surface area contributed by atoms with Crippen LogP contribution in [0.5, 0.6) is 5.75 Å². The molecular weight excluding hydrogens is 387 g/mol. The maximum Gasteiger partial charge on any atom is 0.471 e. The number of hydrazone groups is 1. The summed E-state index contributed by atoms with van der Waals surface area (Å²) in [6, 6.07) is 12.7. The zero-order chi connectivity index (χ0) is 21.4. The van der Waals surface area contributed by atoms with Gasteiger partial charge < -0.3 is 10.1 Å². The molecule has 2 aromatic carbocycles. The van der Waals surface area contributed by atoms with Gasteiger partial charge in [0.2, 0.25) is 5.91 Å². The summed E-state index contributed by atoms with van der Waals surface area (Å²) in [6.45, 7) is 4.08. The average molecular weight is 407 g/mol. The molecule has 0 saturated carbocycles. The zero-order valence-electron chi connectivity index (χ0n) is 15.8. The third kappa shape index (κ3) is 6.95. The maximum atomic E-state index is 12.3. The van der Waals surface area contributed by atoms with E-state index in [1.165, 1.54) is 24.3 Å². The third-order valence-corrected chi connectivity index (χ3v) is 3.77. The summed E-state index contributed by atoms with van der Waals surface area (Å²) in [4.78, 5) is 22.9. The zero-order valence-corrected chi connectivity index (χ0v) is 15.8. The van der Waals surface area contributed by atoms with Crippen molar-refractivity contribution in [2.24, 2.45) is 5.10 Å². The van der Waals surface area contributed by atoms with Gasteiger partial charge in [0.15, 0.2) is 0 Å². The van der Waals surface area contributed by atoms with Crippen LogP contribution in [0.4, 0.5) is 18.9 Å². The van der Waals surface area contributed by atoms with Gasteiger partial charge in [0.25, 0.3) is 0 Å². The molecule has 0 fully saturated rings. The van der Waals surface area contributed by atoms with Crippen LogP contribution in [-0.2, 0) is 16.0 Å². The molecule has 0 unspecified atom stereocenters. The normalized spacial score (nSPS) is 11.7. The van der Waals surface area contributed by atoms with Gasteiger partial charge in [-0.05, 0) is 49.2 Å². The number of hydrogen-bond donors (Lipinski definition) is 2. The quantitative estimate of drug-likeness (QED) is 0.543. The Morgan fingerprint density at radius 3 is 2.21 bits per heavy atom. The lowest BCUT2D eigenvalue weighted by atomic mass is 10.1. The second-order valence-electron chi connectivity index (χ2n) is 6.02. The number of ether oxygens (including phenoxy) is 1. The summed E-state index contributed by atoms with van der Waals surface area (Å²) in [5.74, 6) is -1.64. The highest BCUT2D eigenvalue weighted by Gasteiger charge is 2.38. The summed E-state index contributed by atoms with van der Waals surface area (Å²) in [5.41, 5.74) is 4.27. The van der Waals surface area contributed by atoms with Crippen molar-refractivity contribution in [1.82, 2.24) is 5.43 Å². The van der Waals surface area contributed by atoms with Gasteiger partial charge in [-0.2, -0.15) is 18.3 Å². The number of alkyl halides is 3. The predicted molar refractivity (Wildman–Crippen MR) is 103 cm³/mol. The van der Waals surface area contributed by atoms with E-state index in [2.05, 4.69) is 10.5 Å². The van der Waals surface area contributed by atoms with Crippen molar-refractivity contribution in [3.8, 4) is 5.75 Å². The van der Waals surface area contributed by atoms with E-state index in [-0.39, 0.29) is 18.0 Å². The lowest BCUT2D eigenvalue weighted by Crippen LogP contribution is -2.29. The molecule has 29 heavy (non-hydrogen) atoms. The standard InChI is InChI=1S/C20H20F3N3O3/c1-3-29-17-10-4-14(5-11-17)12-18(27)26-25-13(2)15-6-8-16(9-7-15)24-19(28)20(21,22)23/h4-11H,3,12H2,1-2H3,(H,24,28)(H,26,27)/b25-13-. The first kappa shape index (κ1) is 21.9. The molecule has 2 amide bonds. The lowest BCUT2D eigenvalue weighted by Gasteiger charge is -2.09. The van der Waals surface area contributed by atoms with Crippen molar-refractivity contribution in [1.29, 1.82) is 0 Å². The van der Waals surface area contributed by atoms with Crippen LogP contribution in [0.25, 0.3) is 0 Å². The Bertz CT molecular complexity index is 877. The van der Waals surface area contributed by atoms with Crippen LogP contribution in [0, 0.1) is 0 Å². The van der Waals surface area contributed by atoms with Gasteiger partial charge in [-0.25, -0.2) is 5.43 Å². The van der Waals surface area contributed by atoms with Gasteiger partial charge in [-0.1, -0.05) is 24.3 Å². The predicted octanol–water partition coefficient (Wildman–Crippen LogP) is 3.67. The average Bonchev–Trinajstić information content (AvgIpc) is 2.67. The summed E-state index contributed by atoms with van der Waals surface area (Å²) in [6.07, 6.45) is -4.82. The number of hydrogen-bond acceptors (Lipinski definition) is 4. The number of nitrogens with one attached hydrogen (secondary N) is 2. The fraction of sp³-hybridized carbons (Fsp3) is 0.250. The highest BCUT2D eigenvalue weighted by atomic mass is 19.4. The highest BCUT2D eigenvalue weighted by molar-refractivity contribution is 6.00. The van der Waals surface area contributed by atoms with E-state index in [9.17, 15) is 22.8 Å². The maximum absolute atomic E-state index is 12.3. The SMILES string of the molecule is CCOc1ccc(CC(=O)N/N=C(/C)c2ccc(NC(=O)C(F)(F)F)cc2)cc1. The Labute approximate surface area is 165 Å². The molecule has 0 bridgehead atoms. The molecule has 0 aromatic heterocycles. The van der Waals surface area contributed by atoms with Gasteiger partial charge in [-0.15, -0.1) is 0 Å². The van der Waals surface area contributed by atoms with Gasteiger partial charge in [0.1, 0.15) is 5.75 Å². The van der Waals surface area contributed by atoms with E-state index in [4.69, 9.17) is 4.74 Å². The van der Waals surface area contributed by atoms with Crippen LogP contribution < -0.4 is 15.5 Å². The molecular formula is C20H20F3N3O3. The number of halogens is 3. The fourth-order valence-corrected chi connectivity index (χ4v) is 2.30. The van der Waals surface area contributed by atoms with E-state index in [1.54, 1.807) is 36.5 Å². The second kappa shape index (κ2) is 9.72. The van der Waals surface area contributed by atoms with E-state index < -0.39 is 12.1 Å². The third-order valence-electron chi connectivity index (χ3n) is 3.77. The van der Waals surface area contributed by atoms with Crippen molar-refractivity contribution in [2.75, 3.05) is 11.9 Å². The fourth-order valence-electron chi connectivity index (χ4n) is 2.30. The smallest absolute Gasteiger partial charge is 0.471 e. The molecule has 2 rings (SSSR count). The Morgan fingerprint density at radius 1 is 1.03 bits per heavy atom. The number of carbonyl (C=O) groups excluding carboxylic acids is 2. The first-order valence-corrected chi connectivity index (χ1v) is 8.72. The monoisotopic (exact) mass is 407 g/mol. The van der Waals surface area contributed by atoms with Gasteiger partial charge in [-0.3, -0.25) is 9.59 Å². The first-order chi connectivity index (χ1) is 13.7. The minimum absolute atomic E-state index is 0.00316. The first-order valence-electron chi connectivity index (χ1n) is 8.72. The number of benzene rings is 2. The van der Waals surface area contributed by atoms with Crippen LogP contribution in [-0.4, -0.2) is 30.3 Å². The van der Waals surface area contributed by atoms with Crippen molar-refractivity contribution in [3.63, 3.8) is 0 Å². The van der Waals surface area contributed by atoms with E-state index in [1.807, 2.05) is 6.92 Å². The lowest BCUT2D eigenvalue weighted by molar-refractivity contribution is -0.167. The number of carbonyl (C=O) groups is 2. The molecule has 6 nitrogen and oxygen atoms in total. The molecule has 2 N–H and O–H groups in total.